The number of hydrogen-bond donors (Lipinski definition) is 1. The zero-order valence-electron chi connectivity index (χ0n) is 11.8. The maximum Gasteiger partial charge on any atom is 0.338 e. The fourth-order valence-electron chi connectivity index (χ4n) is 2.04. The van der Waals surface area contributed by atoms with E-state index in [0.717, 1.165) is 0 Å². The Balaban J connectivity index is 2.61. The molecule has 0 heterocycles. The minimum Gasteiger partial charge on any atom is -0.465 e. The molecule has 0 amide bonds. The molecule has 0 saturated heterocycles. The van der Waals surface area contributed by atoms with E-state index in [1.807, 2.05) is 0 Å². The van der Waals surface area contributed by atoms with Gasteiger partial charge in [-0.05, 0) is 29.8 Å². The molecule has 2 aromatic carbocycles. The van der Waals surface area contributed by atoms with E-state index in [0.29, 0.717) is 27.9 Å². The zero-order valence-corrected chi connectivity index (χ0v) is 11.8. The van der Waals surface area contributed by atoms with Crippen molar-refractivity contribution < 1.29 is 19.1 Å². The first-order valence-electron chi connectivity index (χ1n) is 6.24. The molecule has 2 rings (SSSR count). The molecule has 5 nitrogen and oxygen atoms in total. The second kappa shape index (κ2) is 6.09. The Morgan fingerprint density at radius 3 is 2.24 bits per heavy atom. The van der Waals surface area contributed by atoms with E-state index in [1.54, 1.807) is 42.5 Å². The number of ether oxygens (including phenoxy) is 2. The van der Waals surface area contributed by atoms with Crippen LogP contribution in [0.15, 0.2) is 42.5 Å². The lowest BCUT2D eigenvalue weighted by molar-refractivity contribution is 0.0593. The van der Waals surface area contributed by atoms with Crippen molar-refractivity contribution in [3.63, 3.8) is 0 Å². The normalized spacial score (nSPS) is 10.0. The average Bonchev–Trinajstić information content (AvgIpc) is 2.53. The number of nitrogen functional groups attached to an aromatic ring is 1. The summed E-state index contributed by atoms with van der Waals surface area (Å²) in [6.45, 7) is 0. The van der Waals surface area contributed by atoms with E-state index in [9.17, 15) is 9.59 Å². The number of carbonyl (C=O) groups excluding carboxylic acids is 2. The number of nitrogens with two attached hydrogens (primary N) is 1. The third-order valence-corrected chi connectivity index (χ3v) is 3.10. The fourth-order valence-corrected chi connectivity index (χ4v) is 2.04. The second-order valence-electron chi connectivity index (χ2n) is 4.33. The van der Waals surface area contributed by atoms with E-state index >= 15 is 0 Å². The molecule has 5 heteroatoms. The second-order valence-corrected chi connectivity index (χ2v) is 4.33. The molecule has 0 radical (unpaired) electrons. The molecule has 0 aliphatic heterocycles. The van der Waals surface area contributed by atoms with E-state index in [2.05, 4.69) is 0 Å². The van der Waals surface area contributed by atoms with Gasteiger partial charge in [-0.2, -0.15) is 0 Å². The highest BCUT2D eigenvalue weighted by Crippen LogP contribution is 2.30. The lowest BCUT2D eigenvalue weighted by Gasteiger charge is -2.11. The maximum absolute atomic E-state index is 11.8. The lowest BCUT2D eigenvalue weighted by Crippen LogP contribution is -2.06. The van der Waals surface area contributed by atoms with Gasteiger partial charge in [0.25, 0.3) is 0 Å². The molecule has 0 aromatic heterocycles. The average molecular weight is 285 g/mol. The van der Waals surface area contributed by atoms with Crippen LogP contribution in [0.4, 0.5) is 5.69 Å². The van der Waals surface area contributed by atoms with Crippen molar-refractivity contribution >= 4 is 17.6 Å². The molecule has 0 aliphatic rings. The number of carbonyl (C=O) groups is 2. The summed E-state index contributed by atoms with van der Waals surface area (Å²) < 4.78 is 9.46. The number of anilines is 1. The van der Waals surface area contributed by atoms with Crippen LogP contribution < -0.4 is 5.73 Å². The van der Waals surface area contributed by atoms with Gasteiger partial charge in [-0.1, -0.05) is 18.2 Å². The van der Waals surface area contributed by atoms with Gasteiger partial charge in [0.1, 0.15) is 0 Å². The Morgan fingerprint density at radius 2 is 1.57 bits per heavy atom. The van der Waals surface area contributed by atoms with Crippen LogP contribution in [0.25, 0.3) is 11.1 Å². The number of methoxy groups -OCH3 is 2. The van der Waals surface area contributed by atoms with Crippen LogP contribution >= 0.6 is 0 Å². The molecule has 0 unspecified atom stereocenters. The van der Waals surface area contributed by atoms with Gasteiger partial charge in [0.2, 0.25) is 0 Å². The van der Waals surface area contributed by atoms with Crippen molar-refractivity contribution in [2.75, 3.05) is 20.0 Å². The molecular formula is C16H15NO4. The van der Waals surface area contributed by atoms with Crippen molar-refractivity contribution in [2.45, 2.75) is 0 Å². The predicted octanol–water partition coefficient (Wildman–Crippen LogP) is 2.51. The quantitative estimate of drug-likeness (QED) is 0.692. The molecule has 2 aromatic rings. The lowest BCUT2D eigenvalue weighted by atomic mass is 9.96. The Labute approximate surface area is 122 Å². The molecule has 21 heavy (non-hydrogen) atoms. The van der Waals surface area contributed by atoms with Crippen LogP contribution in [0.5, 0.6) is 0 Å². The van der Waals surface area contributed by atoms with Crippen LogP contribution in [0.3, 0.4) is 0 Å². The van der Waals surface area contributed by atoms with Crippen LogP contribution in [-0.4, -0.2) is 26.2 Å². The number of hydrogen-bond acceptors (Lipinski definition) is 5. The van der Waals surface area contributed by atoms with Crippen LogP contribution in [-0.2, 0) is 9.47 Å². The van der Waals surface area contributed by atoms with Crippen molar-refractivity contribution in [3.05, 3.63) is 53.6 Å². The SMILES string of the molecule is COC(=O)c1ccc(N)c(-c2ccccc2C(=O)OC)c1. The summed E-state index contributed by atoms with van der Waals surface area (Å²) in [5.41, 5.74) is 8.36. The smallest absolute Gasteiger partial charge is 0.338 e. The Hall–Kier alpha value is -2.82. The fraction of sp³-hybridized carbons (Fsp3) is 0.125. The van der Waals surface area contributed by atoms with Crippen LogP contribution in [0.1, 0.15) is 20.7 Å². The molecule has 108 valence electrons. The minimum absolute atomic E-state index is 0.362. The Kier molecular flexibility index (Phi) is 4.23. The molecule has 0 fully saturated rings. The van der Waals surface area contributed by atoms with Crippen molar-refractivity contribution in [3.8, 4) is 11.1 Å². The highest BCUT2D eigenvalue weighted by Gasteiger charge is 2.16. The molecule has 0 spiro atoms. The molecule has 0 aliphatic carbocycles. The first-order valence-corrected chi connectivity index (χ1v) is 6.24. The van der Waals surface area contributed by atoms with Gasteiger partial charge < -0.3 is 15.2 Å². The van der Waals surface area contributed by atoms with E-state index in [4.69, 9.17) is 15.2 Å². The third-order valence-electron chi connectivity index (χ3n) is 3.10. The monoisotopic (exact) mass is 285 g/mol. The van der Waals surface area contributed by atoms with Gasteiger partial charge >= 0.3 is 11.9 Å². The third kappa shape index (κ3) is 2.86. The summed E-state index contributed by atoms with van der Waals surface area (Å²) in [6, 6.07) is 11.7. The van der Waals surface area contributed by atoms with Crippen molar-refractivity contribution in [1.82, 2.24) is 0 Å². The van der Waals surface area contributed by atoms with Gasteiger partial charge in [0.05, 0.1) is 25.3 Å². The van der Waals surface area contributed by atoms with Gasteiger partial charge in [-0.3, -0.25) is 0 Å². The highest BCUT2D eigenvalue weighted by molar-refractivity contribution is 6.00. The number of esters is 2. The van der Waals surface area contributed by atoms with Crippen molar-refractivity contribution in [2.24, 2.45) is 0 Å². The summed E-state index contributed by atoms with van der Waals surface area (Å²) >= 11 is 0. The topological polar surface area (TPSA) is 78.6 Å². The van der Waals surface area contributed by atoms with Gasteiger partial charge in [0.15, 0.2) is 0 Å². The van der Waals surface area contributed by atoms with E-state index in [-0.39, 0.29) is 0 Å². The maximum atomic E-state index is 11.8. The van der Waals surface area contributed by atoms with Crippen LogP contribution in [0.2, 0.25) is 0 Å². The van der Waals surface area contributed by atoms with Crippen molar-refractivity contribution in [1.29, 1.82) is 0 Å². The van der Waals surface area contributed by atoms with Gasteiger partial charge in [-0.15, -0.1) is 0 Å². The highest BCUT2D eigenvalue weighted by atomic mass is 16.5. The van der Waals surface area contributed by atoms with Gasteiger partial charge in [-0.25, -0.2) is 9.59 Å². The summed E-state index contributed by atoms with van der Waals surface area (Å²) in [7, 11) is 2.62. The zero-order chi connectivity index (χ0) is 15.4. The molecule has 0 saturated carbocycles. The number of benzene rings is 2. The molecule has 2 N–H and O–H groups in total. The van der Waals surface area contributed by atoms with E-state index in [1.165, 1.54) is 14.2 Å². The number of rotatable bonds is 3. The molecular weight excluding hydrogens is 270 g/mol. The molecule has 0 atom stereocenters. The summed E-state index contributed by atoms with van der Waals surface area (Å²) in [4.78, 5) is 23.5. The first kappa shape index (κ1) is 14.6. The Bertz CT molecular complexity index is 694. The van der Waals surface area contributed by atoms with Crippen LogP contribution in [0, 0.1) is 0 Å². The largest absolute Gasteiger partial charge is 0.465 e. The minimum atomic E-state index is -0.466. The summed E-state index contributed by atoms with van der Waals surface area (Å²) in [5, 5.41) is 0. The summed E-state index contributed by atoms with van der Waals surface area (Å²) in [5.74, 6) is -0.930. The standard InChI is InChI=1S/C16H15NO4/c1-20-15(18)10-7-8-14(17)13(9-10)11-5-3-4-6-12(11)16(19)21-2/h3-9H,17H2,1-2H3. The predicted molar refractivity (Wildman–Crippen MR) is 79.0 cm³/mol. The molecule has 0 bridgehead atoms. The summed E-state index contributed by atoms with van der Waals surface area (Å²) in [6.07, 6.45) is 0. The Morgan fingerprint density at radius 1 is 0.905 bits per heavy atom. The van der Waals surface area contributed by atoms with E-state index < -0.39 is 11.9 Å². The first-order chi connectivity index (χ1) is 10.1. The van der Waals surface area contributed by atoms with Gasteiger partial charge in [0, 0.05) is 11.3 Å².